The molecule has 0 atom stereocenters. The topological polar surface area (TPSA) is 64.4 Å². The van der Waals surface area contributed by atoms with E-state index in [9.17, 15) is 9.18 Å². The summed E-state index contributed by atoms with van der Waals surface area (Å²) < 4.78 is 21.4. The predicted octanol–water partition coefficient (Wildman–Crippen LogP) is 5.57. The van der Waals surface area contributed by atoms with E-state index >= 15 is 0 Å². The van der Waals surface area contributed by atoms with Crippen LogP contribution in [0.3, 0.4) is 0 Å². The number of benzene rings is 2. The lowest BCUT2D eigenvalue weighted by Gasteiger charge is -2.28. The Kier molecular flexibility index (Phi) is 7.00. The van der Waals surface area contributed by atoms with Crippen molar-refractivity contribution in [1.29, 1.82) is 0 Å². The molecular formula is C26H29FN2O3. The molecule has 0 unspecified atom stereocenters. The first-order chi connectivity index (χ1) is 15.5. The lowest BCUT2D eigenvalue weighted by molar-refractivity contribution is -0.142. The minimum atomic E-state index is -0.920. The SMILES string of the molecule is Cc1c(-c2cccc(F)c2)c(-c2ccccc2)nn1CC1CCC(COCC(=O)O)CC1. The maximum absolute atomic E-state index is 14.0. The molecule has 3 aromatic rings. The average molecular weight is 437 g/mol. The Morgan fingerprint density at radius 1 is 1.06 bits per heavy atom. The summed E-state index contributed by atoms with van der Waals surface area (Å²) in [4.78, 5) is 10.6. The molecule has 1 aromatic heterocycles. The Hall–Kier alpha value is -2.99. The Morgan fingerprint density at radius 2 is 1.75 bits per heavy atom. The van der Waals surface area contributed by atoms with Crippen molar-refractivity contribution in [1.82, 2.24) is 9.78 Å². The molecule has 0 amide bonds. The molecule has 1 aliphatic rings. The number of halogens is 1. The monoisotopic (exact) mass is 436 g/mol. The predicted molar refractivity (Wildman–Crippen MR) is 122 cm³/mol. The lowest BCUT2D eigenvalue weighted by atomic mass is 9.82. The van der Waals surface area contributed by atoms with Gasteiger partial charge in [0.15, 0.2) is 0 Å². The van der Waals surface area contributed by atoms with Crippen molar-refractivity contribution in [3.8, 4) is 22.4 Å². The zero-order chi connectivity index (χ0) is 22.5. The highest BCUT2D eigenvalue weighted by Gasteiger charge is 2.25. The van der Waals surface area contributed by atoms with Gasteiger partial charge in [0.2, 0.25) is 0 Å². The molecule has 4 rings (SSSR count). The molecule has 5 nitrogen and oxygen atoms in total. The van der Waals surface area contributed by atoms with Crippen molar-refractivity contribution in [2.45, 2.75) is 39.2 Å². The van der Waals surface area contributed by atoms with Crippen LogP contribution < -0.4 is 0 Å². The third-order valence-electron chi connectivity index (χ3n) is 6.34. The van der Waals surface area contributed by atoms with E-state index in [1.165, 1.54) is 6.07 Å². The summed E-state index contributed by atoms with van der Waals surface area (Å²) >= 11 is 0. The van der Waals surface area contributed by atoms with Crippen molar-refractivity contribution in [3.63, 3.8) is 0 Å². The summed E-state index contributed by atoms with van der Waals surface area (Å²) in [6.07, 6.45) is 4.20. The van der Waals surface area contributed by atoms with Crippen molar-refractivity contribution >= 4 is 5.97 Å². The van der Waals surface area contributed by atoms with Gasteiger partial charge in [-0.3, -0.25) is 4.68 Å². The van der Waals surface area contributed by atoms with Crippen molar-refractivity contribution in [2.75, 3.05) is 13.2 Å². The number of rotatable bonds is 8. The second-order valence-corrected chi connectivity index (χ2v) is 8.66. The van der Waals surface area contributed by atoms with E-state index in [0.29, 0.717) is 18.4 Å². The van der Waals surface area contributed by atoms with Crippen molar-refractivity contribution < 1.29 is 19.0 Å². The molecule has 0 aliphatic heterocycles. The first-order valence-corrected chi connectivity index (χ1v) is 11.2. The van der Waals surface area contributed by atoms with Gasteiger partial charge >= 0.3 is 5.97 Å². The highest BCUT2D eigenvalue weighted by Crippen LogP contribution is 2.36. The van der Waals surface area contributed by atoms with Gasteiger partial charge in [-0.2, -0.15) is 5.10 Å². The summed E-state index contributed by atoms with van der Waals surface area (Å²) in [6, 6.07) is 16.8. The van der Waals surface area contributed by atoms with Crippen LogP contribution in [0.1, 0.15) is 31.4 Å². The van der Waals surface area contributed by atoms with Crippen LogP contribution in [0, 0.1) is 24.6 Å². The number of carbonyl (C=O) groups is 1. The van der Waals surface area contributed by atoms with E-state index in [-0.39, 0.29) is 12.4 Å². The molecule has 6 heteroatoms. The fraction of sp³-hybridized carbons (Fsp3) is 0.385. The first kappa shape index (κ1) is 22.2. The molecule has 1 fully saturated rings. The van der Waals surface area contributed by atoms with Gasteiger partial charge in [0.25, 0.3) is 0 Å². The number of hydrogen-bond donors (Lipinski definition) is 1. The molecule has 2 aromatic carbocycles. The van der Waals surface area contributed by atoms with E-state index in [2.05, 4.69) is 11.6 Å². The summed E-state index contributed by atoms with van der Waals surface area (Å²) in [5, 5.41) is 13.7. The molecular weight excluding hydrogens is 407 g/mol. The van der Waals surface area contributed by atoms with Crippen LogP contribution in [0.15, 0.2) is 54.6 Å². The number of carboxylic acids is 1. The van der Waals surface area contributed by atoms with E-state index in [1.54, 1.807) is 12.1 Å². The zero-order valence-electron chi connectivity index (χ0n) is 18.3. The number of aliphatic carboxylic acids is 1. The van der Waals surface area contributed by atoms with E-state index in [0.717, 1.165) is 60.3 Å². The van der Waals surface area contributed by atoms with Gasteiger partial charge < -0.3 is 9.84 Å². The van der Waals surface area contributed by atoms with Gasteiger partial charge in [-0.15, -0.1) is 0 Å². The van der Waals surface area contributed by atoms with Gasteiger partial charge in [0, 0.05) is 23.4 Å². The quantitative estimate of drug-likeness (QED) is 0.501. The van der Waals surface area contributed by atoms with Gasteiger partial charge in [0.05, 0.1) is 6.61 Å². The standard InChI is InChI=1S/C26H29FN2O3/c1-18-25(22-8-5-9-23(27)14-22)26(21-6-3-2-4-7-21)28-29(18)15-19-10-12-20(13-11-19)16-32-17-24(30)31/h2-9,14,19-20H,10-13,15-17H2,1H3,(H,30,31). The highest BCUT2D eigenvalue weighted by atomic mass is 19.1. The van der Waals surface area contributed by atoms with Gasteiger partial charge in [-0.1, -0.05) is 42.5 Å². The maximum atomic E-state index is 14.0. The largest absolute Gasteiger partial charge is 0.480 e. The highest BCUT2D eigenvalue weighted by molar-refractivity contribution is 5.82. The van der Waals surface area contributed by atoms with Crippen molar-refractivity contribution in [3.05, 3.63) is 66.1 Å². The fourth-order valence-electron chi connectivity index (χ4n) is 4.65. The third kappa shape index (κ3) is 5.25. The summed E-state index contributed by atoms with van der Waals surface area (Å²) in [5.41, 5.74) is 4.76. The zero-order valence-corrected chi connectivity index (χ0v) is 18.3. The lowest BCUT2D eigenvalue weighted by Crippen LogP contribution is -2.23. The number of ether oxygens (including phenoxy) is 1. The molecule has 0 radical (unpaired) electrons. The van der Waals surface area contributed by atoms with Crippen LogP contribution in [0.5, 0.6) is 0 Å². The van der Waals surface area contributed by atoms with Crippen LogP contribution >= 0.6 is 0 Å². The van der Waals surface area contributed by atoms with Gasteiger partial charge in [0.1, 0.15) is 18.1 Å². The number of nitrogens with zero attached hydrogens (tertiary/aromatic N) is 2. The summed E-state index contributed by atoms with van der Waals surface area (Å²) in [5.74, 6) is -0.242. The van der Waals surface area contributed by atoms with Crippen LogP contribution in [-0.4, -0.2) is 34.1 Å². The average Bonchev–Trinajstić information content (AvgIpc) is 3.11. The Balaban J connectivity index is 1.52. The number of hydrogen-bond acceptors (Lipinski definition) is 3. The minimum absolute atomic E-state index is 0.225. The van der Waals surface area contributed by atoms with Crippen LogP contribution in [-0.2, 0) is 16.1 Å². The Labute approximate surface area is 187 Å². The summed E-state index contributed by atoms with van der Waals surface area (Å²) in [6.45, 7) is 3.17. The Bertz CT molecular complexity index is 1060. The normalized spacial score (nSPS) is 18.6. The second kappa shape index (κ2) is 10.1. The molecule has 168 valence electrons. The fourth-order valence-corrected chi connectivity index (χ4v) is 4.65. The van der Waals surface area contributed by atoms with Crippen LogP contribution in [0.2, 0.25) is 0 Å². The minimum Gasteiger partial charge on any atom is -0.480 e. The molecule has 1 aliphatic carbocycles. The molecule has 0 saturated heterocycles. The summed E-state index contributed by atoms with van der Waals surface area (Å²) in [7, 11) is 0. The first-order valence-electron chi connectivity index (χ1n) is 11.2. The molecule has 1 N–H and O–H groups in total. The van der Waals surface area contributed by atoms with E-state index < -0.39 is 5.97 Å². The van der Waals surface area contributed by atoms with Gasteiger partial charge in [-0.05, 0) is 62.1 Å². The van der Waals surface area contributed by atoms with Gasteiger partial charge in [-0.25, -0.2) is 9.18 Å². The molecule has 0 bridgehead atoms. The molecule has 32 heavy (non-hydrogen) atoms. The smallest absolute Gasteiger partial charge is 0.329 e. The molecule has 1 saturated carbocycles. The molecule has 0 spiro atoms. The Morgan fingerprint density at radius 3 is 2.44 bits per heavy atom. The van der Waals surface area contributed by atoms with Crippen LogP contribution in [0.25, 0.3) is 22.4 Å². The van der Waals surface area contributed by atoms with E-state index in [4.69, 9.17) is 14.9 Å². The number of carboxylic acid groups (broad SMARTS) is 1. The van der Waals surface area contributed by atoms with Crippen molar-refractivity contribution in [2.24, 2.45) is 11.8 Å². The second-order valence-electron chi connectivity index (χ2n) is 8.66. The van der Waals surface area contributed by atoms with E-state index in [1.807, 2.05) is 36.4 Å². The maximum Gasteiger partial charge on any atom is 0.329 e. The molecule has 1 heterocycles. The van der Waals surface area contributed by atoms with Crippen LogP contribution in [0.4, 0.5) is 4.39 Å². The third-order valence-corrected chi connectivity index (χ3v) is 6.34. The number of aromatic nitrogens is 2.